The Morgan fingerprint density at radius 2 is 1.67 bits per heavy atom. The van der Waals surface area contributed by atoms with Gasteiger partial charge in [0.05, 0.1) is 18.7 Å². The molecule has 0 bridgehead atoms. The van der Waals surface area contributed by atoms with Gasteiger partial charge in [-0.2, -0.15) is 0 Å². The fourth-order valence-corrected chi connectivity index (χ4v) is 2.68. The Morgan fingerprint density at radius 1 is 1.04 bits per heavy atom. The van der Waals surface area contributed by atoms with Gasteiger partial charge in [-0.15, -0.1) is 0 Å². The molecular weight excluding hydrogens is 306 g/mol. The van der Waals surface area contributed by atoms with Gasteiger partial charge < -0.3 is 15.2 Å². The first kappa shape index (κ1) is 15.8. The van der Waals surface area contributed by atoms with E-state index in [0.717, 1.165) is 5.56 Å². The Bertz CT molecular complexity index is 819. The third-order valence-electron chi connectivity index (χ3n) is 4.04. The molecule has 122 valence electrons. The van der Waals surface area contributed by atoms with E-state index in [9.17, 15) is 14.7 Å². The van der Waals surface area contributed by atoms with Crippen molar-refractivity contribution in [2.75, 3.05) is 7.11 Å². The number of nitrogens with one attached hydrogen (secondary N) is 1. The van der Waals surface area contributed by atoms with Gasteiger partial charge in [-0.3, -0.25) is 9.59 Å². The summed E-state index contributed by atoms with van der Waals surface area (Å²) in [7, 11) is 1.56. The van der Waals surface area contributed by atoms with Crippen LogP contribution in [0.4, 0.5) is 0 Å². The van der Waals surface area contributed by atoms with Crippen molar-refractivity contribution in [3.63, 3.8) is 0 Å². The topological polar surface area (TPSA) is 75.6 Å². The van der Waals surface area contributed by atoms with E-state index in [4.69, 9.17) is 4.74 Å². The number of benzene rings is 2. The molecule has 0 spiro atoms. The van der Waals surface area contributed by atoms with Crippen molar-refractivity contribution in [3.8, 4) is 5.75 Å². The highest BCUT2D eigenvalue weighted by Gasteiger charge is 2.39. The predicted octanol–water partition coefficient (Wildman–Crippen LogP) is 2.71. The zero-order chi connectivity index (χ0) is 17.3. The van der Waals surface area contributed by atoms with E-state index >= 15 is 0 Å². The molecule has 1 aliphatic rings. The highest BCUT2D eigenvalue weighted by Crippen LogP contribution is 2.33. The van der Waals surface area contributed by atoms with E-state index in [1.54, 1.807) is 43.5 Å². The van der Waals surface area contributed by atoms with Crippen molar-refractivity contribution in [1.82, 2.24) is 5.32 Å². The van der Waals surface area contributed by atoms with E-state index in [2.05, 4.69) is 5.32 Å². The normalized spacial score (nSPS) is 19.2. The summed E-state index contributed by atoms with van der Waals surface area (Å²) in [5.74, 6) is -0.944. The van der Waals surface area contributed by atoms with Crippen LogP contribution in [0.5, 0.6) is 5.75 Å². The number of Topliss-reactive ketones (excluding diaryl/α,β-unsaturated/α-hetero) is 1. The first-order valence-electron chi connectivity index (χ1n) is 7.50. The molecule has 2 aromatic rings. The molecule has 1 heterocycles. The molecule has 1 saturated heterocycles. The van der Waals surface area contributed by atoms with Crippen LogP contribution in [0.3, 0.4) is 0 Å². The monoisotopic (exact) mass is 323 g/mol. The molecule has 5 nitrogen and oxygen atoms in total. The number of rotatable bonds is 3. The number of hydrogen-bond donors (Lipinski definition) is 2. The summed E-state index contributed by atoms with van der Waals surface area (Å²) in [5.41, 5.74) is 2.30. The molecule has 1 atom stereocenters. The summed E-state index contributed by atoms with van der Waals surface area (Å²) in [5, 5.41) is 13.2. The van der Waals surface area contributed by atoms with Crippen LogP contribution in [0.2, 0.25) is 0 Å². The van der Waals surface area contributed by atoms with E-state index in [0.29, 0.717) is 16.9 Å². The second kappa shape index (κ2) is 6.20. The van der Waals surface area contributed by atoms with E-state index < -0.39 is 17.7 Å². The van der Waals surface area contributed by atoms with Gasteiger partial charge in [0, 0.05) is 5.56 Å². The fraction of sp³-hybridized carbons (Fsp3) is 0.158. The molecule has 3 rings (SSSR count). The number of carbonyl (C=O) groups is 2. The summed E-state index contributed by atoms with van der Waals surface area (Å²) in [6.07, 6.45) is 0. The van der Waals surface area contributed by atoms with Gasteiger partial charge in [-0.05, 0) is 24.6 Å². The van der Waals surface area contributed by atoms with Crippen LogP contribution in [0.25, 0.3) is 5.76 Å². The molecule has 1 unspecified atom stereocenters. The van der Waals surface area contributed by atoms with Gasteiger partial charge in [0.25, 0.3) is 11.7 Å². The number of carbonyl (C=O) groups excluding carboxylic acids is 2. The number of aliphatic hydroxyl groups excluding tert-OH is 1. The highest BCUT2D eigenvalue weighted by molar-refractivity contribution is 6.46. The first-order valence-corrected chi connectivity index (χ1v) is 7.50. The van der Waals surface area contributed by atoms with Gasteiger partial charge in [0.2, 0.25) is 0 Å². The minimum Gasteiger partial charge on any atom is -0.507 e. The molecule has 1 fully saturated rings. The largest absolute Gasteiger partial charge is 0.507 e. The van der Waals surface area contributed by atoms with Crippen LogP contribution < -0.4 is 10.1 Å². The Morgan fingerprint density at radius 3 is 2.25 bits per heavy atom. The zero-order valence-electron chi connectivity index (χ0n) is 13.4. The van der Waals surface area contributed by atoms with E-state index in [-0.39, 0.29) is 11.3 Å². The SMILES string of the molecule is COc1ccc(C2NC(=O)C(=O)/C2=C(/O)c2ccc(C)cc2)cc1. The average Bonchev–Trinajstić information content (AvgIpc) is 2.90. The number of aliphatic hydroxyl groups is 1. The van der Waals surface area contributed by atoms with Crippen molar-refractivity contribution in [3.05, 3.63) is 70.8 Å². The quantitative estimate of drug-likeness (QED) is 0.517. The molecular formula is C19H17NO4. The minimum absolute atomic E-state index is 0.0639. The zero-order valence-corrected chi connectivity index (χ0v) is 13.4. The Balaban J connectivity index is 2.07. The number of methoxy groups -OCH3 is 1. The standard InChI is InChI=1S/C19H17NO4/c1-11-3-5-13(6-4-11)17(21)15-16(20-19(23)18(15)22)12-7-9-14(24-2)10-8-12/h3-10,16,21H,1-2H3,(H,20,23)/b17-15+. The molecule has 24 heavy (non-hydrogen) atoms. The van der Waals surface area contributed by atoms with Crippen molar-refractivity contribution in [1.29, 1.82) is 0 Å². The lowest BCUT2D eigenvalue weighted by molar-refractivity contribution is -0.133. The Labute approximate surface area is 139 Å². The summed E-state index contributed by atoms with van der Waals surface area (Å²) in [6.45, 7) is 1.93. The third kappa shape index (κ3) is 2.76. The van der Waals surface area contributed by atoms with Gasteiger partial charge in [-0.1, -0.05) is 42.0 Å². The van der Waals surface area contributed by atoms with Crippen LogP contribution in [0.1, 0.15) is 22.7 Å². The van der Waals surface area contributed by atoms with Gasteiger partial charge in [0.1, 0.15) is 11.5 Å². The van der Waals surface area contributed by atoms with E-state index in [1.165, 1.54) is 0 Å². The maximum atomic E-state index is 12.2. The molecule has 2 N–H and O–H groups in total. The fourth-order valence-electron chi connectivity index (χ4n) is 2.68. The second-order valence-electron chi connectivity index (χ2n) is 5.64. The van der Waals surface area contributed by atoms with Crippen LogP contribution in [-0.4, -0.2) is 23.9 Å². The number of ether oxygens (including phenoxy) is 1. The molecule has 0 saturated carbocycles. The second-order valence-corrected chi connectivity index (χ2v) is 5.64. The van der Waals surface area contributed by atoms with Crippen LogP contribution in [0.15, 0.2) is 54.1 Å². The smallest absolute Gasteiger partial charge is 0.293 e. The predicted molar refractivity (Wildman–Crippen MR) is 89.6 cm³/mol. The lowest BCUT2D eigenvalue weighted by atomic mass is 9.95. The molecule has 2 aromatic carbocycles. The average molecular weight is 323 g/mol. The minimum atomic E-state index is -0.718. The number of ketones is 1. The summed E-state index contributed by atoms with van der Waals surface area (Å²) >= 11 is 0. The van der Waals surface area contributed by atoms with Crippen molar-refractivity contribution in [2.24, 2.45) is 0 Å². The Hall–Kier alpha value is -3.08. The maximum absolute atomic E-state index is 12.2. The summed E-state index contributed by atoms with van der Waals surface area (Å²) in [4.78, 5) is 24.1. The van der Waals surface area contributed by atoms with Crippen LogP contribution in [-0.2, 0) is 9.59 Å². The maximum Gasteiger partial charge on any atom is 0.293 e. The molecule has 0 aliphatic carbocycles. The molecule has 1 aliphatic heterocycles. The van der Waals surface area contributed by atoms with Gasteiger partial charge in [-0.25, -0.2) is 0 Å². The molecule has 0 radical (unpaired) electrons. The summed E-state index contributed by atoms with van der Waals surface area (Å²) < 4.78 is 5.11. The number of hydrogen-bond acceptors (Lipinski definition) is 4. The lowest BCUT2D eigenvalue weighted by Crippen LogP contribution is -2.21. The van der Waals surface area contributed by atoms with Gasteiger partial charge >= 0.3 is 0 Å². The molecule has 5 heteroatoms. The van der Waals surface area contributed by atoms with Crippen molar-refractivity contribution in [2.45, 2.75) is 13.0 Å². The van der Waals surface area contributed by atoms with Crippen LogP contribution >= 0.6 is 0 Å². The van der Waals surface area contributed by atoms with Crippen molar-refractivity contribution < 1.29 is 19.4 Å². The molecule has 1 amide bonds. The van der Waals surface area contributed by atoms with Gasteiger partial charge in [0.15, 0.2) is 0 Å². The van der Waals surface area contributed by atoms with Crippen LogP contribution in [0, 0.1) is 6.92 Å². The Kier molecular flexibility index (Phi) is 4.08. The summed E-state index contributed by atoms with van der Waals surface area (Å²) in [6, 6.07) is 13.4. The first-order chi connectivity index (χ1) is 11.5. The number of aryl methyl sites for hydroxylation is 1. The highest BCUT2D eigenvalue weighted by atomic mass is 16.5. The lowest BCUT2D eigenvalue weighted by Gasteiger charge is -2.14. The third-order valence-corrected chi connectivity index (χ3v) is 4.04. The molecule has 0 aromatic heterocycles. The van der Waals surface area contributed by atoms with E-state index in [1.807, 2.05) is 19.1 Å². The van der Waals surface area contributed by atoms with Crippen molar-refractivity contribution >= 4 is 17.4 Å². The number of amides is 1.